The van der Waals surface area contributed by atoms with Crippen molar-refractivity contribution in [1.82, 2.24) is 0 Å². The van der Waals surface area contributed by atoms with E-state index in [1.165, 1.54) is 20.8 Å². The van der Waals surface area contributed by atoms with Crippen LogP contribution >= 0.6 is 0 Å². The van der Waals surface area contributed by atoms with Crippen LogP contribution in [0.5, 0.6) is 0 Å². The summed E-state index contributed by atoms with van der Waals surface area (Å²) < 4.78 is 5.75. The maximum Gasteiger partial charge on any atom is 0.163 e. The predicted octanol–water partition coefficient (Wildman–Crippen LogP) is 3.72. The zero-order valence-corrected chi connectivity index (χ0v) is 13.8. The van der Waals surface area contributed by atoms with Gasteiger partial charge in [-0.25, -0.2) is 0 Å². The van der Waals surface area contributed by atoms with Crippen molar-refractivity contribution in [2.45, 2.75) is 33.6 Å². The highest BCUT2D eigenvalue weighted by Crippen LogP contribution is 2.35. The Morgan fingerprint density at radius 1 is 0.957 bits per heavy atom. The minimum Gasteiger partial charge on any atom is -0.465 e. The molecule has 1 aromatic carbocycles. The van der Waals surface area contributed by atoms with Gasteiger partial charge in [0.2, 0.25) is 0 Å². The zero-order chi connectivity index (χ0) is 17.1. The molecule has 0 saturated carbocycles. The van der Waals surface area contributed by atoms with Crippen LogP contribution in [-0.2, 0) is 9.59 Å². The normalized spacial score (nSPS) is 12.2. The van der Waals surface area contributed by atoms with Gasteiger partial charge in [-0.1, -0.05) is 30.3 Å². The Labute approximate surface area is 135 Å². The van der Waals surface area contributed by atoms with Crippen molar-refractivity contribution in [2.24, 2.45) is 5.92 Å². The summed E-state index contributed by atoms with van der Waals surface area (Å²) in [6.45, 7) is 5.98. The number of aryl methyl sites for hydroxylation is 1. The third kappa shape index (κ3) is 3.47. The van der Waals surface area contributed by atoms with Gasteiger partial charge in [-0.05, 0) is 39.3 Å². The van der Waals surface area contributed by atoms with Crippen molar-refractivity contribution in [1.29, 1.82) is 0 Å². The molecule has 2 rings (SSSR count). The van der Waals surface area contributed by atoms with E-state index in [4.69, 9.17) is 4.42 Å². The Balaban J connectivity index is 2.63. The van der Waals surface area contributed by atoms with Crippen molar-refractivity contribution in [2.75, 3.05) is 0 Å². The summed E-state index contributed by atoms with van der Waals surface area (Å²) in [5, 5.41) is 0. The van der Waals surface area contributed by atoms with Crippen molar-refractivity contribution in [3.05, 3.63) is 59.0 Å². The number of furan rings is 1. The molecule has 4 heteroatoms. The Kier molecular flexibility index (Phi) is 4.94. The number of benzene rings is 1. The van der Waals surface area contributed by atoms with Crippen molar-refractivity contribution in [3.8, 4) is 0 Å². The smallest absolute Gasteiger partial charge is 0.163 e. The van der Waals surface area contributed by atoms with Gasteiger partial charge in [0, 0.05) is 0 Å². The lowest BCUT2D eigenvalue weighted by Crippen LogP contribution is -2.27. The van der Waals surface area contributed by atoms with E-state index in [1.807, 2.05) is 30.3 Å². The molecule has 0 aliphatic carbocycles. The van der Waals surface area contributed by atoms with Gasteiger partial charge in [0.1, 0.15) is 23.1 Å². The molecule has 4 nitrogen and oxygen atoms in total. The molecular formula is C19H20O4. The van der Waals surface area contributed by atoms with Crippen molar-refractivity contribution >= 4 is 17.3 Å². The van der Waals surface area contributed by atoms with Crippen LogP contribution in [0, 0.1) is 12.8 Å². The number of rotatable bonds is 6. The summed E-state index contributed by atoms with van der Waals surface area (Å²) in [5.74, 6) is -0.935. The third-order valence-corrected chi connectivity index (χ3v) is 3.99. The molecule has 120 valence electrons. The summed E-state index contributed by atoms with van der Waals surface area (Å²) in [7, 11) is 0. The molecule has 1 heterocycles. The summed E-state index contributed by atoms with van der Waals surface area (Å²) in [5.41, 5.74) is 1.29. The van der Waals surface area contributed by atoms with E-state index < -0.39 is 11.8 Å². The van der Waals surface area contributed by atoms with Crippen LogP contribution in [0.1, 0.15) is 54.1 Å². The maximum absolute atomic E-state index is 12.1. The molecule has 1 aromatic heterocycles. The minimum absolute atomic E-state index is 0.105. The van der Waals surface area contributed by atoms with Crippen molar-refractivity contribution in [3.63, 3.8) is 0 Å². The van der Waals surface area contributed by atoms with Gasteiger partial charge in [-0.15, -0.1) is 0 Å². The van der Waals surface area contributed by atoms with Crippen LogP contribution in [0.3, 0.4) is 0 Å². The van der Waals surface area contributed by atoms with E-state index in [1.54, 1.807) is 13.0 Å². The van der Waals surface area contributed by atoms with Gasteiger partial charge in [-0.2, -0.15) is 0 Å². The second kappa shape index (κ2) is 6.73. The van der Waals surface area contributed by atoms with Crippen LogP contribution in [0.25, 0.3) is 0 Å². The van der Waals surface area contributed by atoms with E-state index in [9.17, 15) is 14.4 Å². The average Bonchev–Trinajstić information content (AvgIpc) is 2.86. The van der Waals surface area contributed by atoms with E-state index in [2.05, 4.69) is 0 Å². The summed E-state index contributed by atoms with van der Waals surface area (Å²) in [6.07, 6.45) is 0. The fraction of sp³-hybridized carbons (Fsp3) is 0.316. The van der Waals surface area contributed by atoms with Gasteiger partial charge < -0.3 is 4.42 Å². The first-order valence-corrected chi connectivity index (χ1v) is 7.50. The first-order valence-electron chi connectivity index (χ1n) is 7.50. The zero-order valence-electron chi connectivity index (χ0n) is 13.8. The first kappa shape index (κ1) is 16.9. The van der Waals surface area contributed by atoms with Crippen LogP contribution in [0.15, 0.2) is 40.8 Å². The number of hydrogen-bond donors (Lipinski definition) is 0. The molecule has 0 amide bonds. The average molecular weight is 312 g/mol. The highest BCUT2D eigenvalue weighted by atomic mass is 16.3. The number of hydrogen-bond acceptors (Lipinski definition) is 4. The first-order chi connectivity index (χ1) is 10.8. The molecule has 23 heavy (non-hydrogen) atoms. The summed E-state index contributed by atoms with van der Waals surface area (Å²) in [4.78, 5) is 35.8. The third-order valence-electron chi connectivity index (χ3n) is 3.99. The Hall–Kier alpha value is -2.49. The number of carbonyl (C=O) groups is 3. The minimum atomic E-state index is -0.831. The second-order valence-electron chi connectivity index (χ2n) is 5.76. The Morgan fingerprint density at radius 3 is 1.96 bits per heavy atom. The molecule has 2 aromatic rings. The Morgan fingerprint density at radius 2 is 1.52 bits per heavy atom. The molecule has 1 atom stereocenters. The quantitative estimate of drug-likeness (QED) is 0.602. The van der Waals surface area contributed by atoms with E-state index >= 15 is 0 Å². The molecule has 0 radical (unpaired) electrons. The fourth-order valence-corrected chi connectivity index (χ4v) is 2.94. The predicted molar refractivity (Wildman–Crippen MR) is 86.6 cm³/mol. The van der Waals surface area contributed by atoms with Gasteiger partial charge in [0.15, 0.2) is 5.78 Å². The summed E-state index contributed by atoms with van der Waals surface area (Å²) >= 11 is 0. The largest absolute Gasteiger partial charge is 0.465 e. The Bertz CT molecular complexity index is 726. The lowest BCUT2D eigenvalue weighted by molar-refractivity contribution is -0.131. The molecule has 0 bridgehead atoms. The van der Waals surface area contributed by atoms with Gasteiger partial charge >= 0.3 is 0 Å². The van der Waals surface area contributed by atoms with Crippen LogP contribution in [0.2, 0.25) is 0 Å². The molecule has 0 spiro atoms. The van der Waals surface area contributed by atoms with Crippen LogP contribution in [-0.4, -0.2) is 17.3 Å². The van der Waals surface area contributed by atoms with Gasteiger partial charge in [0.05, 0.1) is 17.4 Å². The molecule has 1 unspecified atom stereocenters. The van der Waals surface area contributed by atoms with Crippen LogP contribution in [0.4, 0.5) is 0 Å². The SMILES string of the molecule is CC(=O)c1cc(C(c2ccccc2)C(C(C)=O)C(C)=O)oc1C. The lowest BCUT2D eigenvalue weighted by atomic mass is 9.79. The van der Waals surface area contributed by atoms with Gasteiger partial charge in [-0.3, -0.25) is 14.4 Å². The van der Waals surface area contributed by atoms with E-state index in [-0.39, 0.29) is 17.3 Å². The number of carbonyl (C=O) groups excluding carboxylic acids is 3. The molecule has 0 saturated heterocycles. The van der Waals surface area contributed by atoms with Crippen molar-refractivity contribution < 1.29 is 18.8 Å². The second-order valence-corrected chi connectivity index (χ2v) is 5.76. The van der Waals surface area contributed by atoms with Gasteiger partial charge in [0.25, 0.3) is 0 Å². The van der Waals surface area contributed by atoms with E-state index in [0.717, 1.165) is 5.56 Å². The number of ketones is 3. The lowest BCUT2D eigenvalue weighted by Gasteiger charge is -2.22. The van der Waals surface area contributed by atoms with E-state index in [0.29, 0.717) is 17.1 Å². The molecule has 0 N–H and O–H groups in total. The molecule has 0 aliphatic heterocycles. The number of Topliss-reactive ketones (excluding diaryl/α,β-unsaturated/α-hetero) is 3. The van der Waals surface area contributed by atoms with Crippen LogP contribution < -0.4 is 0 Å². The highest BCUT2D eigenvalue weighted by Gasteiger charge is 2.35. The monoisotopic (exact) mass is 312 g/mol. The molecular weight excluding hydrogens is 292 g/mol. The maximum atomic E-state index is 12.1. The molecule has 0 fully saturated rings. The highest BCUT2D eigenvalue weighted by molar-refractivity contribution is 6.02. The topological polar surface area (TPSA) is 64.3 Å². The summed E-state index contributed by atoms with van der Waals surface area (Å²) in [6, 6.07) is 10.9. The fourth-order valence-electron chi connectivity index (χ4n) is 2.94. The standard InChI is InChI=1S/C19H20O4/c1-11(20)16-10-17(23-14(16)4)19(15-8-6-5-7-9-15)18(12(2)21)13(3)22/h5-10,18-19H,1-4H3. The molecule has 0 aliphatic rings.